The summed E-state index contributed by atoms with van der Waals surface area (Å²) in [5.74, 6) is 0. The Bertz CT molecular complexity index is 324. The van der Waals surface area contributed by atoms with Gasteiger partial charge in [0.25, 0.3) is 0 Å². The lowest BCUT2D eigenvalue weighted by Crippen LogP contribution is -2.19. The fourth-order valence-corrected chi connectivity index (χ4v) is 1.02. The Morgan fingerprint density at radius 1 is 1.36 bits per heavy atom. The number of nitrogens with two attached hydrogens (primary N) is 1. The molecule has 0 aliphatic rings. The molecular formula is C10H14N2O2. The molecule has 0 bridgehead atoms. The van der Waals surface area contributed by atoms with Crippen molar-refractivity contribution < 1.29 is 9.59 Å². The number of urea groups is 1. The molecule has 0 aliphatic heterocycles. The highest BCUT2D eigenvalue weighted by Crippen LogP contribution is 2.17. The molecule has 1 aromatic carbocycles. The standard InChI is InChI=1S/C9H12N2O.CH2O/c1-6-4-3-5-8(7(6)2)11-9(10)12;1-2/h3-5H,1-2H3,(H3,10,11,12);1H2. The number of hydrogen-bond acceptors (Lipinski definition) is 2. The van der Waals surface area contributed by atoms with Gasteiger partial charge in [-0.1, -0.05) is 12.1 Å². The molecule has 0 saturated carbocycles. The van der Waals surface area contributed by atoms with Crippen molar-refractivity contribution in [3.05, 3.63) is 29.3 Å². The van der Waals surface area contributed by atoms with Gasteiger partial charge in [-0.05, 0) is 31.0 Å². The number of amides is 2. The van der Waals surface area contributed by atoms with E-state index in [1.165, 1.54) is 0 Å². The number of benzene rings is 1. The van der Waals surface area contributed by atoms with E-state index in [2.05, 4.69) is 5.32 Å². The molecule has 2 amide bonds. The van der Waals surface area contributed by atoms with Crippen molar-refractivity contribution >= 4 is 18.5 Å². The second-order valence-corrected chi connectivity index (χ2v) is 2.74. The van der Waals surface area contributed by atoms with Gasteiger partial charge in [-0.15, -0.1) is 0 Å². The zero-order chi connectivity index (χ0) is 11.1. The Morgan fingerprint density at radius 2 is 1.93 bits per heavy atom. The third kappa shape index (κ3) is 3.26. The van der Waals surface area contributed by atoms with Crippen LogP contribution in [0.3, 0.4) is 0 Å². The summed E-state index contributed by atoms with van der Waals surface area (Å²) in [4.78, 5) is 18.5. The summed E-state index contributed by atoms with van der Waals surface area (Å²) in [6, 6.07) is 5.17. The topological polar surface area (TPSA) is 72.2 Å². The summed E-state index contributed by atoms with van der Waals surface area (Å²) in [6.45, 7) is 5.93. The van der Waals surface area contributed by atoms with E-state index in [9.17, 15) is 4.79 Å². The Morgan fingerprint density at radius 3 is 2.43 bits per heavy atom. The molecule has 3 N–H and O–H groups in total. The van der Waals surface area contributed by atoms with Gasteiger partial charge in [0.15, 0.2) is 0 Å². The summed E-state index contributed by atoms with van der Waals surface area (Å²) >= 11 is 0. The predicted molar refractivity (Wildman–Crippen MR) is 56.2 cm³/mol. The highest BCUT2D eigenvalue weighted by atomic mass is 16.2. The molecule has 0 aromatic heterocycles. The number of anilines is 1. The summed E-state index contributed by atoms with van der Waals surface area (Å²) in [5, 5.41) is 2.55. The zero-order valence-corrected chi connectivity index (χ0v) is 8.33. The monoisotopic (exact) mass is 194 g/mol. The van der Waals surface area contributed by atoms with Crippen LogP contribution < -0.4 is 11.1 Å². The van der Waals surface area contributed by atoms with Crippen LogP contribution in [0, 0.1) is 13.8 Å². The second kappa shape index (κ2) is 5.75. The van der Waals surface area contributed by atoms with Gasteiger partial charge < -0.3 is 15.8 Å². The zero-order valence-electron chi connectivity index (χ0n) is 8.33. The first-order chi connectivity index (χ1) is 6.61. The number of hydrogen-bond donors (Lipinski definition) is 2. The number of carbonyl (C=O) groups excluding carboxylic acids is 2. The van der Waals surface area contributed by atoms with Gasteiger partial charge in [-0.3, -0.25) is 0 Å². The third-order valence-corrected chi connectivity index (χ3v) is 1.86. The van der Waals surface area contributed by atoms with E-state index in [4.69, 9.17) is 10.5 Å². The molecule has 76 valence electrons. The number of nitrogens with one attached hydrogen (secondary N) is 1. The molecule has 4 nitrogen and oxygen atoms in total. The normalized spacial score (nSPS) is 8.43. The first-order valence-electron chi connectivity index (χ1n) is 4.03. The van der Waals surface area contributed by atoms with E-state index in [0.29, 0.717) is 0 Å². The van der Waals surface area contributed by atoms with E-state index in [0.717, 1.165) is 16.8 Å². The van der Waals surface area contributed by atoms with E-state index in [1.54, 1.807) is 0 Å². The van der Waals surface area contributed by atoms with Crippen molar-refractivity contribution in [1.82, 2.24) is 0 Å². The Balaban J connectivity index is 0.000000791. The molecule has 0 aliphatic carbocycles. The van der Waals surface area contributed by atoms with Gasteiger partial charge in [0.05, 0.1) is 0 Å². The molecule has 4 heteroatoms. The summed E-state index contributed by atoms with van der Waals surface area (Å²) in [6.07, 6.45) is 0. The molecule has 1 aromatic rings. The van der Waals surface area contributed by atoms with Gasteiger partial charge in [0, 0.05) is 5.69 Å². The van der Waals surface area contributed by atoms with Gasteiger partial charge in [-0.2, -0.15) is 0 Å². The smallest absolute Gasteiger partial charge is 0.316 e. The lowest BCUT2D eigenvalue weighted by molar-refractivity contribution is -0.0979. The minimum atomic E-state index is -0.524. The second-order valence-electron chi connectivity index (χ2n) is 2.74. The van der Waals surface area contributed by atoms with E-state index < -0.39 is 6.03 Å². The molecule has 0 atom stereocenters. The minimum absolute atomic E-state index is 0.524. The summed E-state index contributed by atoms with van der Waals surface area (Å²) < 4.78 is 0. The highest BCUT2D eigenvalue weighted by molar-refractivity contribution is 5.88. The Hall–Kier alpha value is -1.84. The van der Waals surface area contributed by atoms with Gasteiger partial charge in [0.1, 0.15) is 6.79 Å². The van der Waals surface area contributed by atoms with Gasteiger partial charge in [0.2, 0.25) is 0 Å². The average molecular weight is 194 g/mol. The van der Waals surface area contributed by atoms with Crippen LogP contribution in [0.5, 0.6) is 0 Å². The van der Waals surface area contributed by atoms with Crippen LogP contribution in [0.4, 0.5) is 10.5 Å². The van der Waals surface area contributed by atoms with Crippen LogP contribution in [0.2, 0.25) is 0 Å². The largest absolute Gasteiger partial charge is 0.351 e. The van der Waals surface area contributed by atoms with Gasteiger partial charge >= 0.3 is 6.03 Å². The lowest BCUT2D eigenvalue weighted by atomic mass is 10.1. The Kier molecular flexibility index (Phi) is 4.99. The SMILES string of the molecule is C=O.Cc1cccc(NC(N)=O)c1C. The number of carbonyl (C=O) groups is 2. The van der Waals surface area contributed by atoms with Crippen LogP contribution in [-0.4, -0.2) is 12.8 Å². The quantitative estimate of drug-likeness (QED) is 0.712. The van der Waals surface area contributed by atoms with Crippen LogP contribution in [0.1, 0.15) is 11.1 Å². The number of primary amides is 1. The van der Waals surface area contributed by atoms with Crippen LogP contribution >= 0.6 is 0 Å². The van der Waals surface area contributed by atoms with Crippen LogP contribution in [-0.2, 0) is 4.79 Å². The maximum atomic E-state index is 10.5. The van der Waals surface area contributed by atoms with E-state index in [-0.39, 0.29) is 0 Å². The molecule has 0 heterocycles. The summed E-state index contributed by atoms with van der Waals surface area (Å²) in [7, 11) is 0. The molecule has 0 unspecified atom stereocenters. The number of rotatable bonds is 1. The van der Waals surface area contributed by atoms with E-state index >= 15 is 0 Å². The fourth-order valence-electron chi connectivity index (χ4n) is 1.02. The predicted octanol–water partition coefficient (Wildman–Crippen LogP) is 1.61. The Labute approximate surface area is 83.1 Å². The number of aryl methyl sites for hydroxylation is 1. The molecule has 1 rings (SSSR count). The van der Waals surface area contributed by atoms with Crippen LogP contribution in [0.25, 0.3) is 0 Å². The minimum Gasteiger partial charge on any atom is -0.351 e. The van der Waals surface area contributed by atoms with Crippen molar-refractivity contribution in [3.63, 3.8) is 0 Å². The van der Waals surface area contributed by atoms with E-state index in [1.807, 2.05) is 38.8 Å². The lowest BCUT2D eigenvalue weighted by Gasteiger charge is -2.07. The molecular weight excluding hydrogens is 180 g/mol. The van der Waals surface area contributed by atoms with Crippen molar-refractivity contribution in [3.8, 4) is 0 Å². The van der Waals surface area contributed by atoms with Crippen molar-refractivity contribution in [2.45, 2.75) is 13.8 Å². The molecule has 0 saturated heterocycles. The van der Waals surface area contributed by atoms with Crippen LogP contribution in [0.15, 0.2) is 18.2 Å². The first-order valence-corrected chi connectivity index (χ1v) is 4.03. The average Bonchev–Trinajstić information content (AvgIpc) is 2.16. The molecule has 0 spiro atoms. The maximum Gasteiger partial charge on any atom is 0.316 e. The molecule has 0 radical (unpaired) electrons. The highest BCUT2D eigenvalue weighted by Gasteiger charge is 2.00. The van der Waals surface area contributed by atoms with Crippen molar-refractivity contribution in [1.29, 1.82) is 0 Å². The third-order valence-electron chi connectivity index (χ3n) is 1.86. The fraction of sp³-hybridized carbons (Fsp3) is 0.200. The van der Waals surface area contributed by atoms with Crippen molar-refractivity contribution in [2.24, 2.45) is 5.73 Å². The molecule has 14 heavy (non-hydrogen) atoms. The van der Waals surface area contributed by atoms with Crippen molar-refractivity contribution in [2.75, 3.05) is 5.32 Å². The summed E-state index contributed by atoms with van der Waals surface area (Å²) in [5.41, 5.74) is 7.97. The first kappa shape index (κ1) is 12.2. The maximum absolute atomic E-state index is 10.5. The van der Waals surface area contributed by atoms with Gasteiger partial charge in [-0.25, -0.2) is 4.79 Å². The molecule has 0 fully saturated rings.